The zero-order chi connectivity index (χ0) is 22.3. The van der Waals surface area contributed by atoms with Crippen LogP contribution in [0.15, 0.2) is 36.5 Å². The number of esters is 1. The van der Waals surface area contributed by atoms with Crippen LogP contribution in [0.2, 0.25) is 0 Å². The number of carbonyl (C=O) groups excluding carboxylic acids is 1. The molecule has 2 aliphatic carbocycles. The largest absolute Gasteiger partial charge is 0.435 e. The van der Waals surface area contributed by atoms with Gasteiger partial charge in [0.05, 0.1) is 17.6 Å². The maximum Gasteiger partial charge on any atom is 0.304 e. The fourth-order valence-electron chi connectivity index (χ4n) is 6.15. The van der Waals surface area contributed by atoms with E-state index in [0.717, 1.165) is 30.4 Å². The molecule has 1 unspecified atom stereocenters. The van der Waals surface area contributed by atoms with Crippen LogP contribution in [-0.4, -0.2) is 50.1 Å². The van der Waals surface area contributed by atoms with Crippen LogP contribution in [0, 0.1) is 22.7 Å². The van der Waals surface area contributed by atoms with Gasteiger partial charge in [0.15, 0.2) is 6.29 Å². The molecule has 3 aliphatic rings. The summed E-state index contributed by atoms with van der Waals surface area (Å²) < 4.78 is 23.5. The number of rotatable bonds is 7. The highest BCUT2D eigenvalue weighted by Crippen LogP contribution is 2.67. The zero-order valence-corrected chi connectivity index (χ0v) is 18.8. The Labute approximate surface area is 179 Å². The van der Waals surface area contributed by atoms with Crippen molar-refractivity contribution < 1.29 is 28.8 Å². The van der Waals surface area contributed by atoms with E-state index in [4.69, 9.17) is 18.9 Å². The Hall–Kier alpha value is -1.47. The molecule has 1 aliphatic heterocycles. The molecule has 6 heteroatoms. The average molecular weight is 421 g/mol. The SMILES string of the molecule is C=CC(=C)CC[C@]1(C)[C@H](C)C[C@H](OC)C23C(=C[C@@H](O)C[C@H]21)[C@@H](OC)O[C@H]3OC(C)=O. The monoisotopic (exact) mass is 420 g/mol. The number of aliphatic hydroxyl groups excluding tert-OH is 1. The Morgan fingerprint density at radius 2 is 2.07 bits per heavy atom. The van der Waals surface area contributed by atoms with Crippen LogP contribution in [-0.2, 0) is 23.7 Å². The number of hydrogen-bond acceptors (Lipinski definition) is 6. The van der Waals surface area contributed by atoms with Crippen LogP contribution in [0.3, 0.4) is 0 Å². The average Bonchev–Trinajstić information content (AvgIpc) is 3.01. The van der Waals surface area contributed by atoms with Gasteiger partial charge in [0.2, 0.25) is 6.29 Å². The lowest BCUT2D eigenvalue weighted by Gasteiger charge is -2.61. The first-order chi connectivity index (χ1) is 14.1. The van der Waals surface area contributed by atoms with Crippen molar-refractivity contribution in [3.63, 3.8) is 0 Å². The molecule has 6 nitrogen and oxygen atoms in total. The second kappa shape index (κ2) is 8.58. The van der Waals surface area contributed by atoms with Crippen LogP contribution in [0.25, 0.3) is 0 Å². The van der Waals surface area contributed by atoms with Crippen molar-refractivity contribution in [1.82, 2.24) is 0 Å². The second-order valence-corrected chi connectivity index (χ2v) is 9.29. The summed E-state index contributed by atoms with van der Waals surface area (Å²) in [6.45, 7) is 13.8. The van der Waals surface area contributed by atoms with E-state index >= 15 is 0 Å². The van der Waals surface area contributed by atoms with Gasteiger partial charge in [-0.15, -0.1) is 0 Å². The standard InChI is InChI=1S/C24H36O6/c1-8-14(2)9-10-23(5)15(3)11-20(27-6)24-18(12-17(26)13-19(23)24)21(28-7)30-22(24)29-16(4)25/h8,12,15,17,19-22,26H,1-2,9-11,13H2,3-7H3/t15-,17-,19+,20+,21+,22-,23-,24?/m1/s1. The summed E-state index contributed by atoms with van der Waals surface area (Å²) >= 11 is 0. The van der Waals surface area contributed by atoms with Crippen molar-refractivity contribution in [2.75, 3.05) is 14.2 Å². The van der Waals surface area contributed by atoms with Crippen LogP contribution in [0.5, 0.6) is 0 Å². The molecular weight excluding hydrogens is 384 g/mol. The van der Waals surface area contributed by atoms with Crippen LogP contribution < -0.4 is 0 Å². The Balaban J connectivity index is 2.16. The second-order valence-electron chi connectivity index (χ2n) is 9.29. The number of carbonyl (C=O) groups is 1. The molecule has 0 bridgehead atoms. The first-order valence-corrected chi connectivity index (χ1v) is 10.7. The number of ether oxygens (including phenoxy) is 4. The van der Waals surface area contributed by atoms with E-state index < -0.39 is 30.1 Å². The summed E-state index contributed by atoms with van der Waals surface area (Å²) in [5, 5.41) is 10.8. The molecule has 8 atom stereocenters. The number of allylic oxidation sites excluding steroid dienone is 2. The van der Waals surface area contributed by atoms with Gasteiger partial charge in [-0.3, -0.25) is 4.79 Å². The Bertz CT molecular complexity index is 729. The molecule has 0 radical (unpaired) electrons. The summed E-state index contributed by atoms with van der Waals surface area (Å²) in [6, 6.07) is 0. The summed E-state index contributed by atoms with van der Waals surface area (Å²) in [4.78, 5) is 12.0. The minimum Gasteiger partial charge on any atom is -0.435 e. The molecule has 0 aromatic heterocycles. The lowest BCUT2D eigenvalue weighted by Crippen LogP contribution is -2.63. The van der Waals surface area contributed by atoms with E-state index in [1.54, 1.807) is 20.3 Å². The molecule has 0 aromatic carbocycles. The minimum atomic E-state index is -0.830. The van der Waals surface area contributed by atoms with Crippen molar-refractivity contribution in [1.29, 1.82) is 0 Å². The Kier molecular flexibility index (Phi) is 6.63. The Morgan fingerprint density at radius 3 is 2.63 bits per heavy atom. The maximum absolute atomic E-state index is 12.0. The van der Waals surface area contributed by atoms with Gasteiger partial charge in [-0.25, -0.2) is 0 Å². The normalized spacial score (nSPS) is 42.7. The number of methoxy groups -OCH3 is 2. The van der Waals surface area contributed by atoms with Gasteiger partial charge in [0.1, 0.15) is 0 Å². The van der Waals surface area contributed by atoms with Gasteiger partial charge >= 0.3 is 5.97 Å². The zero-order valence-electron chi connectivity index (χ0n) is 18.8. The van der Waals surface area contributed by atoms with Crippen molar-refractivity contribution >= 4 is 5.97 Å². The number of aliphatic hydroxyl groups is 1. The third kappa shape index (κ3) is 3.48. The fraction of sp³-hybridized carbons (Fsp3) is 0.708. The number of hydrogen-bond donors (Lipinski definition) is 1. The van der Waals surface area contributed by atoms with E-state index in [1.807, 2.05) is 6.08 Å². The predicted octanol–water partition coefficient (Wildman–Crippen LogP) is 3.76. The summed E-state index contributed by atoms with van der Waals surface area (Å²) in [7, 11) is 3.25. The van der Waals surface area contributed by atoms with E-state index in [1.165, 1.54) is 6.92 Å². The van der Waals surface area contributed by atoms with E-state index in [9.17, 15) is 9.90 Å². The third-order valence-electron chi connectivity index (χ3n) is 7.88. The molecule has 30 heavy (non-hydrogen) atoms. The Morgan fingerprint density at radius 1 is 1.37 bits per heavy atom. The predicted molar refractivity (Wildman–Crippen MR) is 113 cm³/mol. The molecule has 2 fully saturated rings. The summed E-state index contributed by atoms with van der Waals surface area (Å²) in [5.74, 6) is -0.122. The van der Waals surface area contributed by atoms with Crippen molar-refractivity contribution in [3.8, 4) is 0 Å². The highest BCUT2D eigenvalue weighted by atomic mass is 16.8. The summed E-state index contributed by atoms with van der Waals surface area (Å²) in [5.41, 5.74) is 0.947. The van der Waals surface area contributed by atoms with Gasteiger partial charge in [-0.05, 0) is 48.5 Å². The molecular formula is C24H36O6. The molecule has 1 saturated heterocycles. The summed E-state index contributed by atoms with van der Waals surface area (Å²) in [6.07, 6.45) is 4.27. The molecule has 1 heterocycles. The van der Waals surface area contributed by atoms with Gasteiger partial charge < -0.3 is 24.1 Å². The first kappa shape index (κ1) is 23.2. The van der Waals surface area contributed by atoms with E-state index in [2.05, 4.69) is 27.0 Å². The molecule has 1 saturated carbocycles. The van der Waals surface area contributed by atoms with Gasteiger partial charge in [-0.1, -0.05) is 44.7 Å². The van der Waals surface area contributed by atoms with Crippen LogP contribution in [0.4, 0.5) is 0 Å². The maximum atomic E-state index is 12.0. The fourth-order valence-corrected chi connectivity index (χ4v) is 6.15. The first-order valence-electron chi connectivity index (χ1n) is 10.7. The highest BCUT2D eigenvalue weighted by molar-refractivity contribution is 5.66. The highest BCUT2D eigenvalue weighted by Gasteiger charge is 2.71. The molecule has 3 rings (SSSR count). The van der Waals surface area contributed by atoms with Gasteiger partial charge in [0, 0.05) is 21.1 Å². The smallest absolute Gasteiger partial charge is 0.304 e. The van der Waals surface area contributed by atoms with Gasteiger partial charge in [-0.2, -0.15) is 0 Å². The minimum absolute atomic E-state index is 0.0317. The van der Waals surface area contributed by atoms with Crippen LogP contribution >= 0.6 is 0 Å². The van der Waals surface area contributed by atoms with E-state index in [-0.39, 0.29) is 17.4 Å². The topological polar surface area (TPSA) is 74.2 Å². The molecule has 0 aromatic rings. The lowest BCUT2D eigenvalue weighted by atomic mass is 9.45. The molecule has 1 N–H and O–H groups in total. The van der Waals surface area contributed by atoms with Gasteiger partial charge in [0.25, 0.3) is 0 Å². The third-order valence-corrected chi connectivity index (χ3v) is 7.88. The van der Waals surface area contributed by atoms with E-state index in [0.29, 0.717) is 12.3 Å². The molecule has 0 amide bonds. The van der Waals surface area contributed by atoms with Crippen molar-refractivity contribution in [2.45, 2.75) is 71.2 Å². The van der Waals surface area contributed by atoms with Crippen molar-refractivity contribution in [2.24, 2.45) is 22.7 Å². The van der Waals surface area contributed by atoms with Crippen LogP contribution in [0.1, 0.15) is 46.5 Å². The lowest BCUT2D eigenvalue weighted by molar-refractivity contribution is -0.257. The molecule has 1 spiro atoms. The van der Waals surface area contributed by atoms with Crippen molar-refractivity contribution in [3.05, 3.63) is 36.5 Å². The quantitative estimate of drug-likeness (QED) is 0.384. The molecule has 168 valence electrons.